The summed E-state index contributed by atoms with van der Waals surface area (Å²) in [5.74, 6) is 0. The van der Waals surface area contributed by atoms with E-state index in [1.807, 2.05) is 6.07 Å². The smallest absolute Gasteiger partial charge is 0.0222 e. The molecule has 0 aromatic heterocycles. The van der Waals surface area contributed by atoms with E-state index in [1.165, 1.54) is 5.56 Å². The lowest BCUT2D eigenvalue weighted by Gasteiger charge is -2.00. The average Bonchev–Trinajstić information content (AvgIpc) is 1.88. The van der Waals surface area contributed by atoms with Crippen LogP contribution >= 0.6 is 28.3 Å². The van der Waals surface area contributed by atoms with Crippen molar-refractivity contribution in [3.8, 4) is 0 Å². The molecule has 62 valence electrons. The zero-order valence-electron chi connectivity index (χ0n) is 6.30. The first-order valence-corrected chi connectivity index (χ1v) is 3.98. The Labute approximate surface area is 81.5 Å². The van der Waals surface area contributed by atoms with Crippen LogP contribution < -0.4 is 5.73 Å². The van der Waals surface area contributed by atoms with Crippen LogP contribution in [0.15, 0.2) is 22.7 Å². The van der Waals surface area contributed by atoms with Gasteiger partial charge in [0.2, 0.25) is 0 Å². The van der Waals surface area contributed by atoms with Gasteiger partial charge in [0, 0.05) is 11.0 Å². The van der Waals surface area contributed by atoms with Crippen LogP contribution in [0.3, 0.4) is 0 Å². The maximum absolute atomic E-state index is 5.47. The van der Waals surface area contributed by atoms with E-state index in [4.69, 9.17) is 5.73 Å². The molecule has 0 heterocycles. The van der Waals surface area contributed by atoms with Crippen molar-refractivity contribution in [2.45, 2.75) is 13.5 Å². The molecule has 1 nitrogen and oxygen atoms in total. The normalized spacial score (nSPS) is 9.00. The molecule has 0 aliphatic carbocycles. The molecule has 1 aromatic carbocycles. The van der Waals surface area contributed by atoms with Gasteiger partial charge in [-0.05, 0) is 24.1 Å². The molecular weight excluding hydrogens is 225 g/mol. The van der Waals surface area contributed by atoms with Gasteiger partial charge in [-0.1, -0.05) is 28.1 Å². The lowest BCUT2D eigenvalue weighted by Crippen LogP contribution is -1.96. The summed E-state index contributed by atoms with van der Waals surface area (Å²) in [4.78, 5) is 0. The molecule has 0 aliphatic rings. The van der Waals surface area contributed by atoms with Crippen LogP contribution in [0, 0.1) is 6.92 Å². The Morgan fingerprint density at radius 1 is 1.45 bits per heavy atom. The van der Waals surface area contributed by atoms with Crippen LogP contribution in [-0.4, -0.2) is 0 Å². The Morgan fingerprint density at radius 3 is 2.55 bits per heavy atom. The molecule has 0 unspecified atom stereocenters. The summed E-state index contributed by atoms with van der Waals surface area (Å²) >= 11 is 3.43. The average molecular weight is 237 g/mol. The van der Waals surface area contributed by atoms with E-state index in [9.17, 15) is 0 Å². The fourth-order valence-electron chi connectivity index (χ4n) is 0.818. The van der Waals surface area contributed by atoms with Crippen LogP contribution in [0.25, 0.3) is 0 Å². The van der Waals surface area contributed by atoms with Gasteiger partial charge < -0.3 is 5.73 Å². The molecular formula is C8H11BrClN. The van der Waals surface area contributed by atoms with Crippen molar-refractivity contribution >= 4 is 28.3 Å². The second kappa shape index (κ2) is 4.75. The Kier molecular flexibility index (Phi) is 4.73. The molecule has 0 aliphatic heterocycles. The van der Waals surface area contributed by atoms with Gasteiger partial charge in [-0.15, -0.1) is 12.4 Å². The molecule has 2 N–H and O–H groups in total. The Balaban J connectivity index is 0.000001000. The summed E-state index contributed by atoms with van der Waals surface area (Å²) in [7, 11) is 0. The predicted molar refractivity (Wildman–Crippen MR) is 54.0 cm³/mol. The number of hydrogen-bond acceptors (Lipinski definition) is 1. The first kappa shape index (κ1) is 11.0. The van der Waals surface area contributed by atoms with E-state index >= 15 is 0 Å². The van der Waals surface area contributed by atoms with Gasteiger partial charge in [0.05, 0.1) is 0 Å². The van der Waals surface area contributed by atoms with Crippen LogP contribution in [0.2, 0.25) is 0 Å². The largest absolute Gasteiger partial charge is 0.326 e. The molecule has 3 heteroatoms. The maximum atomic E-state index is 5.47. The zero-order chi connectivity index (χ0) is 7.56. The summed E-state index contributed by atoms with van der Waals surface area (Å²) in [5.41, 5.74) is 7.88. The van der Waals surface area contributed by atoms with Gasteiger partial charge in [0.15, 0.2) is 0 Å². The monoisotopic (exact) mass is 235 g/mol. The SMILES string of the molecule is Cc1ccc(CN)c(Br)c1.Cl. The van der Waals surface area contributed by atoms with Crippen molar-refractivity contribution in [2.75, 3.05) is 0 Å². The van der Waals surface area contributed by atoms with Gasteiger partial charge in [0.1, 0.15) is 0 Å². The van der Waals surface area contributed by atoms with Gasteiger partial charge >= 0.3 is 0 Å². The third-order valence-electron chi connectivity index (χ3n) is 1.43. The quantitative estimate of drug-likeness (QED) is 0.797. The highest BCUT2D eigenvalue weighted by molar-refractivity contribution is 9.10. The van der Waals surface area contributed by atoms with Crippen molar-refractivity contribution in [2.24, 2.45) is 5.73 Å². The number of halogens is 2. The number of hydrogen-bond donors (Lipinski definition) is 1. The van der Waals surface area contributed by atoms with Crippen LogP contribution in [-0.2, 0) is 6.54 Å². The van der Waals surface area contributed by atoms with Gasteiger partial charge in [-0.2, -0.15) is 0 Å². The molecule has 11 heavy (non-hydrogen) atoms. The summed E-state index contributed by atoms with van der Waals surface area (Å²) in [6, 6.07) is 6.18. The minimum Gasteiger partial charge on any atom is -0.326 e. The van der Waals surface area contributed by atoms with Crippen LogP contribution in [0.1, 0.15) is 11.1 Å². The van der Waals surface area contributed by atoms with Gasteiger partial charge in [0.25, 0.3) is 0 Å². The van der Waals surface area contributed by atoms with E-state index in [0.717, 1.165) is 10.0 Å². The molecule has 0 radical (unpaired) electrons. The first-order chi connectivity index (χ1) is 4.74. The predicted octanol–water partition coefficient (Wildman–Crippen LogP) is 2.64. The molecule has 0 amide bonds. The lowest BCUT2D eigenvalue weighted by molar-refractivity contribution is 1.06. The molecule has 0 saturated carbocycles. The van der Waals surface area contributed by atoms with Crippen molar-refractivity contribution < 1.29 is 0 Å². The maximum Gasteiger partial charge on any atom is 0.0222 e. The lowest BCUT2D eigenvalue weighted by atomic mass is 10.1. The van der Waals surface area contributed by atoms with E-state index in [2.05, 4.69) is 35.0 Å². The van der Waals surface area contributed by atoms with Crippen LogP contribution in [0.4, 0.5) is 0 Å². The summed E-state index contributed by atoms with van der Waals surface area (Å²) < 4.78 is 1.11. The molecule has 0 saturated heterocycles. The minimum absolute atomic E-state index is 0. The number of aryl methyl sites for hydroxylation is 1. The standard InChI is InChI=1S/C8H10BrN.ClH/c1-6-2-3-7(5-10)8(9)4-6;/h2-4H,5,10H2,1H3;1H. The topological polar surface area (TPSA) is 26.0 Å². The third-order valence-corrected chi connectivity index (χ3v) is 2.17. The van der Waals surface area contributed by atoms with Crippen molar-refractivity contribution in [1.82, 2.24) is 0 Å². The minimum atomic E-state index is 0. The number of rotatable bonds is 1. The fraction of sp³-hybridized carbons (Fsp3) is 0.250. The molecule has 0 bridgehead atoms. The van der Waals surface area contributed by atoms with Crippen molar-refractivity contribution in [3.05, 3.63) is 33.8 Å². The highest BCUT2D eigenvalue weighted by Gasteiger charge is 1.95. The molecule has 0 atom stereocenters. The Morgan fingerprint density at radius 2 is 2.09 bits per heavy atom. The van der Waals surface area contributed by atoms with E-state index in [-0.39, 0.29) is 12.4 Å². The van der Waals surface area contributed by atoms with E-state index in [1.54, 1.807) is 0 Å². The summed E-state index contributed by atoms with van der Waals surface area (Å²) in [6.45, 7) is 2.66. The highest BCUT2D eigenvalue weighted by atomic mass is 79.9. The first-order valence-electron chi connectivity index (χ1n) is 3.19. The number of benzene rings is 1. The van der Waals surface area contributed by atoms with Gasteiger partial charge in [-0.3, -0.25) is 0 Å². The molecule has 0 fully saturated rings. The van der Waals surface area contributed by atoms with Crippen molar-refractivity contribution in [3.63, 3.8) is 0 Å². The van der Waals surface area contributed by atoms with Crippen molar-refractivity contribution in [1.29, 1.82) is 0 Å². The fourth-order valence-corrected chi connectivity index (χ4v) is 1.47. The Hall–Kier alpha value is -0.0500. The third kappa shape index (κ3) is 2.81. The van der Waals surface area contributed by atoms with Gasteiger partial charge in [-0.25, -0.2) is 0 Å². The molecule has 1 rings (SSSR count). The van der Waals surface area contributed by atoms with E-state index < -0.39 is 0 Å². The van der Waals surface area contributed by atoms with E-state index in [0.29, 0.717) is 6.54 Å². The Bertz CT molecular complexity index is 238. The molecule has 1 aromatic rings. The van der Waals surface area contributed by atoms with Crippen LogP contribution in [0.5, 0.6) is 0 Å². The summed E-state index contributed by atoms with van der Waals surface area (Å²) in [6.07, 6.45) is 0. The highest BCUT2D eigenvalue weighted by Crippen LogP contribution is 2.17. The molecule has 0 spiro atoms. The second-order valence-electron chi connectivity index (χ2n) is 2.30. The zero-order valence-corrected chi connectivity index (χ0v) is 8.71. The second-order valence-corrected chi connectivity index (χ2v) is 3.15. The number of nitrogens with two attached hydrogens (primary N) is 1. The summed E-state index contributed by atoms with van der Waals surface area (Å²) in [5, 5.41) is 0.